The first-order valence-electron chi connectivity index (χ1n) is 5.38. The first-order chi connectivity index (χ1) is 7.12. The Kier molecular flexibility index (Phi) is 4.29. The fourth-order valence-electron chi connectivity index (χ4n) is 1.60. The Hall–Kier alpha value is -0.870. The number of aliphatic hydroxyl groups is 1. The van der Waals surface area contributed by atoms with Crippen LogP contribution in [-0.2, 0) is 9.53 Å². The first kappa shape index (κ1) is 12.2. The van der Waals surface area contributed by atoms with Crippen LogP contribution in [0.1, 0.15) is 26.2 Å². The van der Waals surface area contributed by atoms with E-state index in [2.05, 4.69) is 0 Å². The molecule has 2 atom stereocenters. The van der Waals surface area contributed by atoms with E-state index in [4.69, 9.17) is 15.6 Å². The molecule has 0 aromatic rings. The van der Waals surface area contributed by atoms with Crippen molar-refractivity contribution in [2.24, 2.45) is 11.7 Å². The van der Waals surface area contributed by atoms with Gasteiger partial charge in [0.25, 0.3) is 0 Å². The monoisotopic (exact) mass is 213 g/mol. The van der Waals surface area contributed by atoms with Gasteiger partial charge in [0.2, 0.25) is 0 Å². The van der Waals surface area contributed by atoms with E-state index >= 15 is 0 Å². The van der Waals surface area contributed by atoms with Gasteiger partial charge >= 0.3 is 5.97 Å². The summed E-state index contributed by atoms with van der Waals surface area (Å²) in [5.74, 6) is -0.406. The summed E-state index contributed by atoms with van der Waals surface area (Å²) in [7, 11) is 0. The molecular weight excluding hydrogens is 194 g/mol. The molecule has 0 aliphatic heterocycles. The summed E-state index contributed by atoms with van der Waals surface area (Å²) in [6.45, 7) is 2.48. The molecule has 15 heavy (non-hydrogen) atoms. The van der Waals surface area contributed by atoms with Gasteiger partial charge in [0.15, 0.2) is 0 Å². The second-order valence-electron chi connectivity index (χ2n) is 4.04. The number of hydrogen-bond donors (Lipinski definition) is 2. The van der Waals surface area contributed by atoms with Gasteiger partial charge in [0.05, 0.1) is 6.61 Å². The van der Waals surface area contributed by atoms with Crippen LogP contribution in [0.3, 0.4) is 0 Å². The van der Waals surface area contributed by atoms with Crippen molar-refractivity contribution in [3.05, 3.63) is 12.2 Å². The minimum Gasteiger partial charge on any atom is -0.464 e. The Morgan fingerprint density at radius 1 is 1.73 bits per heavy atom. The summed E-state index contributed by atoms with van der Waals surface area (Å²) in [6.07, 6.45) is 5.70. The van der Waals surface area contributed by atoms with E-state index in [1.807, 2.05) is 6.92 Å². The van der Waals surface area contributed by atoms with Gasteiger partial charge in [0, 0.05) is 12.5 Å². The Morgan fingerprint density at radius 2 is 2.47 bits per heavy atom. The molecule has 0 spiro atoms. The highest BCUT2D eigenvalue weighted by molar-refractivity contribution is 5.83. The molecule has 0 saturated carbocycles. The standard InChI is InChI=1S/C11H19NO3/c1-2-3-6-15-10(14)11(12)5-4-9(7-11)8-13/h4-5,9,13H,2-3,6-8,12H2,1H3. The molecule has 0 radical (unpaired) electrons. The summed E-state index contributed by atoms with van der Waals surface area (Å²) in [5, 5.41) is 8.94. The fourth-order valence-corrected chi connectivity index (χ4v) is 1.60. The van der Waals surface area contributed by atoms with Gasteiger partial charge in [-0.1, -0.05) is 25.5 Å². The Balaban J connectivity index is 2.42. The number of ether oxygens (including phenoxy) is 1. The van der Waals surface area contributed by atoms with Crippen molar-refractivity contribution in [1.82, 2.24) is 0 Å². The zero-order valence-corrected chi connectivity index (χ0v) is 9.11. The average molecular weight is 213 g/mol. The van der Waals surface area contributed by atoms with Gasteiger partial charge < -0.3 is 15.6 Å². The highest BCUT2D eigenvalue weighted by atomic mass is 16.5. The van der Waals surface area contributed by atoms with Crippen molar-refractivity contribution in [2.45, 2.75) is 31.7 Å². The SMILES string of the molecule is CCCCOC(=O)C1(N)C=CC(CO)C1. The molecule has 0 heterocycles. The van der Waals surface area contributed by atoms with Crippen LogP contribution in [-0.4, -0.2) is 29.8 Å². The van der Waals surface area contributed by atoms with E-state index in [9.17, 15) is 4.79 Å². The van der Waals surface area contributed by atoms with Crippen LogP contribution in [0.2, 0.25) is 0 Å². The van der Waals surface area contributed by atoms with E-state index in [0.717, 1.165) is 12.8 Å². The molecule has 0 fully saturated rings. The highest BCUT2D eigenvalue weighted by Gasteiger charge is 2.38. The second kappa shape index (κ2) is 5.28. The zero-order chi connectivity index (χ0) is 11.3. The lowest BCUT2D eigenvalue weighted by Gasteiger charge is -2.21. The highest BCUT2D eigenvalue weighted by Crippen LogP contribution is 2.26. The van der Waals surface area contributed by atoms with Crippen molar-refractivity contribution < 1.29 is 14.6 Å². The van der Waals surface area contributed by atoms with E-state index < -0.39 is 5.54 Å². The Morgan fingerprint density at radius 3 is 3.00 bits per heavy atom. The number of carbonyl (C=O) groups excluding carboxylic acids is 1. The fraction of sp³-hybridized carbons (Fsp3) is 0.727. The van der Waals surface area contributed by atoms with Crippen LogP contribution < -0.4 is 5.73 Å². The largest absolute Gasteiger partial charge is 0.464 e. The maximum Gasteiger partial charge on any atom is 0.330 e. The van der Waals surface area contributed by atoms with Gasteiger partial charge in [-0.05, 0) is 12.8 Å². The Bertz CT molecular complexity index is 252. The van der Waals surface area contributed by atoms with E-state index in [1.165, 1.54) is 0 Å². The van der Waals surface area contributed by atoms with Crippen molar-refractivity contribution in [3.8, 4) is 0 Å². The minimum atomic E-state index is -1.03. The third-order valence-corrected chi connectivity index (χ3v) is 2.61. The summed E-state index contributed by atoms with van der Waals surface area (Å²) >= 11 is 0. The molecule has 0 amide bonds. The Labute approximate surface area is 90.1 Å². The van der Waals surface area contributed by atoms with Gasteiger partial charge in [-0.25, -0.2) is 4.79 Å². The molecule has 0 aromatic carbocycles. The van der Waals surface area contributed by atoms with Crippen LogP contribution in [0.15, 0.2) is 12.2 Å². The third kappa shape index (κ3) is 3.04. The number of nitrogens with two attached hydrogens (primary N) is 1. The number of rotatable bonds is 5. The molecule has 2 unspecified atom stereocenters. The maximum atomic E-state index is 11.6. The predicted octanol–water partition coefficient (Wildman–Crippen LogP) is 0.596. The van der Waals surface area contributed by atoms with Gasteiger partial charge in [-0.15, -0.1) is 0 Å². The lowest BCUT2D eigenvalue weighted by atomic mass is 9.97. The molecule has 86 valence electrons. The van der Waals surface area contributed by atoms with Crippen LogP contribution in [0.25, 0.3) is 0 Å². The van der Waals surface area contributed by atoms with Crippen LogP contribution >= 0.6 is 0 Å². The zero-order valence-electron chi connectivity index (χ0n) is 9.11. The third-order valence-electron chi connectivity index (χ3n) is 2.61. The lowest BCUT2D eigenvalue weighted by molar-refractivity contribution is -0.148. The van der Waals surface area contributed by atoms with Crippen molar-refractivity contribution in [3.63, 3.8) is 0 Å². The lowest BCUT2D eigenvalue weighted by Crippen LogP contribution is -2.46. The van der Waals surface area contributed by atoms with Gasteiger partial charge in [0.1, 0.15) is 5.54 Å². The maximum absolute atomic E-state index is 11.6. The van der Waals surface area contributed by atoms with E-state index in [1.54, 1.807) is 12.2 Å². The molecule has 1 aliphatic carbocycles. The molecule has 4 nitrogen and oxygen atoms in total. The molecular formula is C11H19NO3. The normalized spacial score (nSPS) is 29.4. The van der Waals surface area contributed by atoms with Crippen LogP contribution in [0.4, 0.5) is 0 Å². The smallest absolute Gasteiger partial charge is 0.330 e. The van der Waals surface area contributed by atoms with Crippen LogP contribution in [0.5, 0.6) is 0 Å². The topological polar surface area (TPSA) is 72.5 Å². The van der Waals surface area contributed by atoms with E-state index in [0.29, 0.717) is 13.0 Å². The predicted molar refractivity (Wildman–Crippen MR) is 57.1 cm³/mol. The summed E-state index contributed by atoms with van der Waals surface area (Å²) in [5.41, 5.74) is 4.85. The first-order valence-corrected chi connectivity index (χ1v) is 5.38. The molecule has 4 heteroatoms. The van der Waals surface area contributed by atoms with Crippen molar-refractivity contribution in [2.75, 3.05) is 13.2 Å². The van der Waals surface area contributed by atoms with Gasteiger partial charge in [-0.3, -0.25) is 0 Å². The van der Waals surface area contributed by atoms with Gasteiger partial charge in [-0.2, -0.15) is 0 Å². The molecule has 1 aliphatic rings. The molecule has 0 saturated heterocycles. The van der Waals surface area contributed by atoms with Crippen molar-refractivity contribution in [1.29, 1.82) is 0 Å². The van der Waals surface area contributed by atoms with Crippen LogP contribution in [0, 0.1) is 5.92 Å². The number of esters is 1. The molecule has 1 rings (SSSR count). The summed E-state index contributed by atoms with van der Waals surface area (Å²) in [4.78, 5) is 11.6. The molecule has 0 aromatic heterocycles. The number of hydrogen-bond acceptors (Lipinski definition) is 4. The minimum absolute atomic E-state index is 0.0197. The summed E-state index contributed by atoms with van der Waals surface area (Å²) in [6, 6.07) is 0. The number of unbranched alkanes of at least 4 members (excludes halogenated alkanes) is 1. The quantitative estimate of drug-likeness (QED) is 0.398. The molecule has 3 N–H and O–H groups in total. The second-order valence-corrected chi connectivity index (χ2v) is 4.04. The number of carbonyl (C=O) groups is 1. The van der Waals surface area contributed by atoms with Crippen molar-refractivity contribution >= 4 is 5.97 Å². The summed E-state index contributed by atoms with van der Waals surface area (Å²) < 4.78 is 5.07. The molecule has 0 bridgehead atoms. The number of aliphatic hydroxyl groups excluding tert-OH is 1. The van der Waals surface area contributed by atoms with E-state index in [-0.39, 0.29) is 18.5 Å². The average Bonchev–Trinajstić information content (AvgIpc) is 2.62.